The van der Waals surface area contributed by atoms with Gasteiger partial charge < -0.3 is 20.1 Å². The summed E-state index contributed by atoms with van der Waals surface area (Å²) in [5.41, 5.74) is 1.05. The predicted molar refractivity (Wildman–Crippen MR) is 140 cm³/mol. The third kappa shape index (κ3) is 6.57. The Morgan fingerprint density at radius 3 is 2.62 bits per heavy atom. The minimum absolute atomic E-state index is 0.157. The molecule has 3 heterocycles. The zero-order valence-corrected chi connectivity index (χ0v) is 22.5. The van der Waals surface area contributed by atoms with Gasteiger partial charge in [-0.05, 0) is 30.0 Å². The van der Waals surface area contributed by atoms with Gasteiger partial charge in [-0.3, -0.25) is 4.79 Å². The standard InChI is InChI=1S/C23H31N7O5S2/c1-3-36-23-27-20(24-9-13-34-2)19-16-26-30(21(19)28-23)10-8-25-22(31)17-4-6-18(7-5-17)37(32,33)29-11-14-35-15-12-29/h4-7,16H,3,8-15H2,1-2H3,(H,25,31)(H,24,27,28). The van der Waals surface area contributed by atoms with E-state index in [4.69, 9.17) is 9.47 Å². The molecule has 14 heteroatoms. The number of carbonyl (C=O) groups excluding carboxylic acids is 1. The molecule has 1 saturated heterocycles. The van der Waals surface area contributed by atoms with Gasteiger partial charge in [0.05, 0.1) is 42.8 Å². The number of benzene rings is 1. The number of aromatic nitrogens is 4. The van der Waals surface area contributed by atoms with Crippen LogP contribution in [0.2, 0.25) is 0 Å². The van der Waals surface area contributed by atoms with Crippen molar-refractivity contribution >= 4 is 44.5 Å². The van der Waals surface area contributed by atoms with Crippen molar-refractivity contribution in [3.05, 3.63) is 36.0 Å². The second-order valence-electron chi connectivity index (χ2n) is 8.11. The number of methoxy groups -OCH3 is 1. The SMILES string of the molecule is CCSc1nc(NCCOC)c2cnn(CCNC(=O)c3ccc(S(=O)(=O)N4CCOCC4)cc3)c2n1. The van der Waals surface area contributed by atoms with Crippen molar-refractivity contribution in [1.82, 2.24) is 29.4 Å². The highest BCUT2D eigenvalue weighted by molar-refractivity contribution is 7.99. The van der Waals surface area contributed by atoms with E-state index in [9.17, 15) is 13.2 Å². The largest absolute Gasteiger partial charge is 0.383 e. The first kappa shape index (κ1) is 27.3. The zero-order valence-electron chi connectivity index (χ0n) is 20.8. The highest BCUT2D eigenvalue weighted by Crippen LogP contribution is 2.24. The Balaban J connectivity index is 1.39. The van der Waals surface area contributed by atoms with Crippen LogP contribution in [0.25, 0.3) is 11.0 Å². The lowest BCUT2D eigenvalue weighted by Crippen LogP contribution is -2.40. The van der Waals surface area contributed by atoms with Gasteiger partial charge in [-0.2, -0.15) is 9.40 Å². The Morgan fingerprint density at radius 2 is 1.92 bits per heavy atom. The number of ether oxygens (including phenoxy) is 2. The number of hydrogen-bond donors (Lipinski definition) is 2. The number of sulfonamides is 1. The molecule has 0 spiro atoms. The van der Waals surface area contributed by atoms with Crippen LogP contribution in [-0.4, -0.2) is 97.2 Å². The Hall–Kier alpha value is -2.78. The molecule has 1 amide bonds. The van der Waals surface area contributed by atoms with Gasteiger partial charge >= 0.3 is 0 Å². The Kier molecular flexibility index (Phi) is 9.32. The first-order valence-corrected chi connectivity index (χ1v) is 14.4. The van der Waals surface area contributed by atoms with Gasteiger partial charge in [0, 0.05) is 38.9 Å². The third-order valence-electron chi connectivity index (χ3n) is 5.68. The van der Waals surface area contributed by atoms with Crippen molar-refractivity contribution in [3.8, 4) is 0 Å². The van der Waals surface area contributed by atoms with Crippen molar-refractivity contribution < 1.29 is 22.7 Å². The summed E-state index contributed by atoms with van der Waals surface area (Å²) in [6, 6.07) is 5.96. The van der Waals surface area contributed by atoms with Crippen LogP contribution in [-0.2, 0) is 26.0 Å². The number of fused-ring (bicyclic) bond motifs is 1. The lowest BCUT2D eigenvalue weighted by molar-refractivity contribution is 0.0730. The fourth-order valence-electron chi connectivity index (χ4n) is 3.79. The molecule has 0 aliphatic carbocycles. The molecule has 37 heavy (non-hydrogen) atoms. The van der Waals surface area contributed by atoms with Gasteiger partial charge in [0.2, 0.25) is 10.0 Å². The number of amides is 1. The van der Waals surface area contributed by atoms with E-state index in [1.807, 2.05) is 6.92 Å². The Labute approximate surface area is 220 Å². The maximum atomic E-state index is 12.8. The minimum Gasteiger partial charge on any atom is -0.383 e. The van der Waals surface area contributed by atoms with Crippen LogP contribution in [0.3, 0.4) is 0 Å². The van der Waals surface area contributed by atoms with Gasteiger partial charge in [-0.15, -0.1) is 0 Å². The quantitative estimate of drug-likeness (QED) is 0.194. The molecule has 0 radical (unpaired) electrons. The molecule has 4 rings (SSSR count). The number of thioether (sulfide) groups is 1. The summed E-state index contributed by atoms with van der Waals surface area (Å²) < 4.78 is 39.0. The van der Waals surface area contributed by atoms with Gasteiger partial charge in [0.1, 0.15) is 5.82 Å². The number of morpholine rings is 1. The fourth-order valence-corrected chi connectivity index (χ4v) is 5.76. The fraction of sp³-hybridized carbons (Fsp3) is 0.478. The van der Waals surface area contributed by atoms with E-state index < -0.39 is 10.0 Å². The monoisotopic (exact) mass is 549 g/mol. The number of rotatable bonds is 12. The molecule has 2 N–H and O–H groups in total. The van der Waals surface area contributed by atoms with Crippen LogP contribution in [0.4, 0.5) is 5.82 Å². The molecular formula is C23H31N7O5S2. The molecule has 0 saturated carbocycles. The summed E-state index contributed by atoms with van der Waals surface area (Å²) in [5, 5.41) is 12.0. The Bertz CT molecular complexity index is 1310. The third-order valence-corrected chi connectivity index (χ3v) is 8.32. The van der Waals surface area contributed by atoms with E-state index in [1.165, 1.54) is 40.3 Å². The van der Waals surface area contributed by atoms with E-state index in [-0.39, 0.29) is 10.8 Å². The summed E-state index contributed by atoms with van der Waals surface area (Å²) in [4.78, 5) is 22.1. The average molecular weight is 550 g/mol. The zero-order chi connectivity index (χ0) is 26.3. The van der Waals surface area contributed by atoms with E-state index in [0.29, 0.717) is 74.7 Å². The summed E-state index contributed by atoms with van der Waals surface area (Å²) in [7, 11) is -1.96. The van der Waals surface area contributed by atoms with Crippen molar-refractivity contribution in [2.75, 3.05) is 64.2 Å². The molecule has 12 nitrogen and oxygen atoms in total. The second-order valence-corrected chi connectivity index (χ2v) is 11.3. The highest BCUT2D eigenvalue weighted by atomic mass is 32.2. The normalized spacial score (nSPS) is 14.6. The van der Waals surface area contributed by atoms with Crippen LogP contribution in [0, 0.1) is 0 Å². The smallest absolute Gasteiger partial charge is 0.251 e. The molecule has 1 aliphatic heterocycles. The molecule has 1 aromatic carbocycles. The molecular weight excluding hydrogens is 518 g/mol. The molecule has 3 aromatic rings. The van der Waals surface area contributed by atoms with Crippen LogP contribution in [0.1, 0.15) is 17.3 Å². The summed E-state index contributed by atoms with van der Waals surface area (Å²) in [6.45, 7) is 5.30. The second kappa shape index (κ2) is 12.6. The highest BCUT2D eigenvalue weighted by Gasteiger charge is 2.26. The maximum Gasteiger partial charge on any atom is 0.251 e. The van der Waals surface area contributed by atoms with Crippen molar-refractivity contribution in [2.45, 2.75) is 23.5 Å². The van der Waals surface area contributed by atoms with E-state index in [1.54, 1.807) is 18.0 Å². The van der Waals surface area contributed by atoms with Crippen LogP contribution in [0.5, 0.6) is 0 Å². The van der Waals surface area contributed by atoms with Crippen LogP contribution in [0.15, 0.2) is 40.5 Å². The van der Waals surface area contributed by atoms with Crippen molar-refractivity contribution in [3.63, 3.8) is 0 Å². The maximum absolute atomic E-state index is 12.8. The lowest BCUT2D eigenvalue weighted by atomic mass is 10.2. The summed E-state index contributed by atoms with van der Waals surface area (Å²) >= 11 is 1.54. The van der Waals surface area contributed by atoms with E-state index in [0.717, 1.165) is 11.1 Å². The van der Waals surface area contributed by atoms with Crippen molar-refractivity contribution in [1.29, 1.82) is 0 Å². The number of hydrogen-bond acceptors (Lipinski definition) is 10. The van der Waals surface area contributed by atoms with Crippen LogP contribution < -0.4 is 10.6 Å². The number of anilines is 1. The molecule has 2 aromatic heterocycles. The topological polar surface area (TPSA) is 141 Å². The van der Waals surface area contributed by atoms with Crippen molar-refractivity contribution in [2.24, 2.45) is 0 Å². The molecule has 0 unspecified atom stereocenters. The number of carbonyl (C=O) groups is 1. The lowest BCUT2D eigenvalue weighted by Gasteiger charge is -2.26. The minimum atomic E-state index is -3.61. The first-order chi connectivity index (χ1) is 17.9. The van der Waals surface area contributed by atoms with Gasteiger partial charge in [0.25, 0.3) is 5.91 Å². The summed E-state index contributed by atoms with van der Waals surface area (Å²) in [5.74, 6) is 1.23. The summed E-state index contributed by atoms with van der Waals surface area (Å²) in [6.07, 6.45) is 1.71. The van der Waals surface area contributed by atoms with E-state index in [2.05, 4.69) is 25.7 Å². The molecule has 0 atom stereocenters. The Morgan fingerprint density at radius 1 is 1.16 bits per heavy atom. The van der Waals surface area contributed by atoms with Gasteiger partial charge in [-0.1, -0.05) is 18.7 Å². The molecule has 1 fully saturated rings. The van der Waals surface area contributed by atoms with Gasteiger partial charge in [0.15, 0.2) is 10.8 Å². The predicted octanol–water partition coefficient (Wildman–Crippen LogP) is 1.45. The molecule has 1 aliphatic rings. The molecule has 0 bridgehead atoms. The van der Waals surface area contributed by atoms with E-state index >= 15 is 0 Å². The number of nitrogens with one attached hydrogen (secondary N) is 2. The van der Waals surface area contributed by atoms with Crippen LogP contribution >= 0.6 is 11.8 Å². The molecule has 200 valence electrons. The van der Waals surface area contributed by atoms with Gasteiger partial charge in [-0.25, -0.2) is 23.1 Å². The first-order valence-electron chi connectivity index (χ1n) is 12.0. The number of nitrogens with zero attached hydrogens (tertiary/aromatic N) is 5. The average Bonchev–Trinajstić information content (AvgIpc) is 3.32.